The maximum Gasteiger partial charge on any atom is 0.246 e. The highest BCUT2D eigenvalue weighted by atomic mass is 127. The van der Waals surface area contributed by atoms with Crippen molar-refractivity contribution in [3.05, 3.63) is 12.8 Å². The molecule has 2 aliphatic heterocycles. The number of nitrogens with one attached hydrogen (secondary N) is 1. The molecule has 6 nitrogen and oxygen atoms in total. The quantitative estimate of drug-likeness (QED) is 0.278. The highest BCUT2D eigenvalue weighted by Crippen LogP contribution is 2.36. The van der Waals surface area contributed by atoms with Gasteiger partial charge in [-0.2, -0.15) is 0 Å². The van der Waals surface area contributed by atoms with Gasteiger partial charge in [0.25, 0.3) is 0 Å². The Labute approximate surface area is 170 Å². The van der Waals surface area contributed by atoms with Gasteiger partial charge in [0.1, 0.15) is 18.2 Å². The van der Waals surface area contributed by atoms with E-state index in [1.807, 2.05) is 4.90 Å². The van der Waals surface area contributed by atoms with Crippen molar-refractivity contribution in [2.45, 2.75) is 62.9 Å². The van der Waals surface area contributed by atoms with Crippen LogP contribution in [0.25, 0.3) is 0 Å². The normalized spacial score (nSPS) is 27.4. The maximum absolute atomic E-state index is 13.3. The van der Waals surface area contributed by atoms with Crippen LogP contribution in [0.2, 0.25) is 0 Å². The lowest BCUT2D eigenvalue weighted by molar-refractivity contribution is -0.161. The number of ether oxygens (including phenoxy) is 1. The van der Waals surface area contributed by atoms with Crippen molar-refractivity contribution in [1.29, 1.82) is 0 Å². The molecule has 2 heterocycles. The second-order valence-corrected chi connectivity index (χ2v) is 9.10. The van der Waals surface area contributed by atoms with Crippen molar-refractivity contribution in [3.63, 3.8) is 0 Å². The average molecular weight is 475 g/mol. The molecule has 26 heavy (non-hydrogen) atoms. The van der Waals surface area contributed by atoms with Crippen LogP contribution in [0.15, 0.2) is 12.8 Å². The fourth-order valence-electron chi connectivity index (χ4n) is 4.69. The molecule has 2 amide bonds. The standard InChI is InChI=1S/C19H30IN3O3/c1-2-26-13-12-23-17(24)16(14-15-6-4-3-5-7-15)21-18(25)19(23)8-10-22(20)11-9-19/h2,15-16H,1,3-14H2,(H,21,25). The number of carbonyl (C=O) groups is 2. The SMILES string of the molecule is C=COCCN1C(=O)C(CC2CCCCC2)NC(=O)C12CCN(I)CC2. The molecular weight excluding hydrogens is 445 g/mol. The summed E-state index contributed by atoms with van der Waals surface area (Å²) in [5.41, 5.74) is -0.716. The van der Waals surface area contributed by atoms with Gasteiger partial charge in [0.15, 0.2) is 0 Å². The van der Waals surface area contributed by atoms with Crippen LogP contribution in [-0.4, -0.2) is 57.6 Å². The molecule has 1 unspecified atom stereocenters. The molecule has 1 spiro atoms. The van der Waals surface area contributed by atoms with Crippen LogP contribution >= 0.6 is 22.9 Å². The van der Waals surface area contributed by atoms with Crippen molar-refractivity contribution in [1.82, 2.24) is 13.3 Å². The van der Waals surface area contributed by atoms with Gasteiger partial charge in [-0.1, -0.05) is 38.7 Å². The third-order valence-corrected chi connectivity index (χ3v) is 7.15. The van der Waals surface area contributed by atoms with Crippen LogP contribution in [0, 0.1) is 5.92 Å². The Balaban J connectivity index is 1.75. The molecule has 1 N–H and O–H groups in total. The number of amides is 2. The molecule has 1 atom stereocenters. The fraction of sp³-hybridized carbons (Fsp3) is 0.789. The summed E-state index contributed by atoms with van der Waals surface area (Å²) in [6.45, 7) is 6.03. The molecule has 0 aromatic carbocycles. The lowest BCUT2D eigenvalue weighted by Crippen LogP contribution is -2.73. The minimum atomic E-state index is -0.716. The zero-order valence-corrected chi connectivity index (χ0v) is 17.6. The predicted octanol–water partition coefficient (Wildman–Crippen LogP) is 2.63. The van der Waals surface area contributed by atoms with Crippen LogP contribution in [0.1, 0.15) is 51.4 Å². The highest BCUT2D eigenvalue weighted by Gasteiger charge is 2.53. The van der Waals surface area contributed by atoms with Crippen molar-refractivity contribution in [3.8, 4) is 0 Å². The Kier molecular flexibility index (Phi) is 6.82. The van der Waals surface area contributed by atoms with E-state index in [0.29, 0.717) is 31.9 Å². The monoisotopic (exact) mass is 475 g/mol. The molecule has 146 valence electrons. The minimum Gasteiger partial charge on any atom is -0.500 e. The number of hydrogen-bond donors (Lipinski definition) is 1. The largest absolute Gasteiger partial charge is 0.500 e. The first-order chi connectivity index (χ1) is 12.6. The average Bonchev–Trinajstić information content (AvgIpc) is 2.65. The van der Waals surface area contributed by atoms with E-state index in [2.05, 4.69) is 37.9 Å². The Morgan fingerprint density at radius 2 is 1.92 bits per heavy atom. The first-order valence-corrected chi connectivity index (χ1v) is 10.8. The molecule has 0 radical (unpaired) electrons. The lowest BCUT2D eigenvalue weighted by atomic mass is 9.79. The van der Waals surface area contributed by atoms with E-state index < -0.39 is 5.54 Å². The number of piperazine rings is 1. The van der Waals surface area contributed by atoms with Gasteiger partial charge in [-0.15, -0.1) is 0 Å². The highest BCUT2D eigenvalue weighted by molar-refractivity contribution is 14.1. The Hall–Kier alpha value is -0.830. The van der Waals surface area contributed by atoms with Crippen LogP contribution < -0.4 is 5.32 Å². The van der Waals surface area contributed by atoms with E-state index >= 15 is 0 Å². The summed E-state index contributed by atoms with van der Waals surface area (Å²) in [6.07, 6.45) is 9.66. The molecule has 1 aliphatic carbocycles. The topological polar surface area (TPSA) is 61.9 Å². The molecule has 0 aromatic rings. The summed E-state index contributed by atoms with van der Waals surface area (Å²) in [5, 5.41) is 3.10. The molecule has 3 fully saturated rings. The Morgan fingerprint density at radius 1 is 1.23 bits per heavy atom. The number of piperidine rings is 1. The number of halogens is 1. The van der Waals surface area contributed by atoms with Crippen molar-refractivity contribution in [2.24, 2.45) is 5.92 Å². The van der Waals surface area contributed by atoms with E-state index in [0.717, 1.165) is 19.5 Å². The maximum atomic E-state index is 13.3. The van der Waals surface area contributed by atoms with E-state index in [9.17, 15) is 9.59 Å². The molecule has 0 aromatic heterocycles. The fourth-order valence-corrected chi connectivity index (χ4v) is 5.17. The van der Waals surface area contributed by atoms with Gasteiger partial charge in [-0.05, 0) is 25.2 Å². The predicted molar refractivity (Wildman–Crippen MR) is 109 cm³/mol. The van der Waals surface area contributed by atoms with Crippen LogP contribution in [0.4, 0.5) is 0 Å². The number of carbonyl (C=O) groups excluding carboxylic acids is 2. The van der Waals surface area contributed by atoms with E-state index in [-0.39, 0.29) is 17.9 Å². The van der Waals surface area contributed by atoms with E-state index in [1.54, 1.807) is 0 Å². The first-order valence-electron chi connectivity index (χ1n) is 9.82. The Morgan fingerprint density at radius 3 is 2.58 bits per heavy atom. The van der Waals surface area contributed by atoms with Gasteiger partial charge in [-0.3, -0.25) is 9.59 Å². The molecule has 3 rings (SSSR count). The van der Waals surface area contributed by atoms with Crippen molar-refractivity contribution < 1.29 is 14.3 Å². The smallest absolute Gasteiger partial charge is 0.246 e. The summed E-state index contributed by atoms with van der Waals surface area (Å²) >= 11 is 2.29. The van der Waals surface area contributed by atoms with Crippen LogP contribution in [0.5, 0.6) is 0 Å². The van der Waals surface area contributed by atoms with Gasteiger partial charge in [0.2, 0.25) is 11.8 Å². The molecule has 2 saturated heterocycles. The molecule has 1 saturated carbocycles. The summed E-state index contributed by atoms with van der Waals surface area (Å²) in [5.74, 6) is 0.653. The van der Waals surface area contributed by atoms with Gasteiger partial charge >= 0.3 is 0 Å². The second-order valence-electron chi connectivity index (χ2n) is 7.73. The molecule has 0 bridgehead atoms. The van der Waals surface area contributed by atoms with Crippen molar-refractivity contribution >= 4 is 34.7 Å². The van der Waals surface area contributed by atoms with Gasteiger partial charge < -0.3 is 15.0 Å². The molecule has 3 aliphatic rings. The third kappa shape index (κ3) is 4.18. The first kappa shape index (κ1) is 19.9. The van der Waals surface area contributed by atoms with Gasteiger partial charge in [0.05, 0.1) is 12.8 Å². The summed E-state index contributed by atoms with van der Waals surface area (Å²) in [4.78, 5) is 28.3. The van der Waals surface area contributed by atoms with Crippen molar-refractivity contribution in [2.75, 3.05) is 26.2 Å². The zero-order chi connectivity index (χ0) is 18.6. The number of hydrogen-bond acceptors (Lipinski definition) is 4. The third-order valence-electron chi connectivity index (χ3n) is 6.19. The van der Waals surface area contributed by atoms with Crippen LogP contribution in [-0.2, 0) is 14.3 Å². The van der Waals surface area contributed by atoms with E-state index in [4.69, 9.17) is 4.74 Å². The van der Waals surface area contributed by atoms with Gasteiger partial charge in [0, 0.05) is 36.0 Å². The summed E-state index contributed by atoms with van der Waals surface area (Å²) in [7, 11) is 0. The molecule has 7 heteroatoms. The second kappa shape index (κ2) is 8.91. The summed E-state index contributed by atoms with van der Waals surface area (Å²) in [6, 6.07) is -0.377. The van der Waals surface area contributed by atoms with Crippen LogP contribution in [0.3, 0.4) is 0 Å². The zero-order valence-electron chi connectivity index (χ0n) is 15.4. The number of nitrogens with zero attached hydrogens (tertiary/aromatic N) is 2. The lowest BCUT2D eigenvalue weighted by Gasteiger charge is -2.51. The van der Waals surface area contributed by atoms with E-state index in [1.165, 1.54) is 38.4 Å². The molecular formula is C19H30IN3O3. The minimum absolute atomic E-state index is 0.0287. The summed E-state index contributed by atoms with van der Waals surface area (Å²) < 4.78 is 7.47. The Bertz CT molecular complexity index is 528. The number of rotatable bonds is 6. The van der Waals surface area contributed by atoms with Gasteiger partial charge in [-0.25, -0.2) is 3.11 Å².